The third kappa shape index (κ3) is 3.94. The van der Waals surface area contributed by atoms with Gasteiger partial charge in [0.25, 0.3) is 0 Å². The lowest BCUT2D eigenvalue weighted by Crippen LogP contribution is -2.32. The minimum absolute atomic E-state index is 0.134. The fourth-order valence-corrected chi connectivity index (χ4v) is 2.21. The van der Waals surface area contributed by atoms with Crippen LogP contribution in [0, 0.1) is 0 Å². The molecule has 0 saturated carbocycles. The van der Waals surface area contributed by atoms with Crippen LogP contribution in [0.4, 0.5) is 0 Å². The first-order valence-electron chi connectivity index (χ1n) is 7.56. The normalized spacial score (nSPS) is 14.8. The summed E-state index contributed by atoms with van der Waals surface area (Å²) in [7, 11) is 1.52. The second kappa shape index (κ2) is 7.65. The molecule has 1 aliphatic heterocycles. The summed E-state index contributed by atoms with van der Waals surface area (Å²) in [4.78, 5) is 11.9. The van der Waals surface area contributed by atoms with Gasteiger partial charge in [-0.05, 0) is 35.9 Å². The average Bonchev–Trinajstić information content (AvgIpc) is 3.16. The Balaban J connectivity index is 1.70. The van der Waals surface area contributed by atoms with Crippen LogP contribution in [-0.4, -0.2) is 50.6 Å². The quantitative estimate of drug-likeness (QED) is 0.475. The topological polar surface area (TPSA) is 73.5 Å². The number of hydrogen-bond acceptors (Lipinski definition) is 7. The number of carbonyl (C=O) groups excluding carboxylic acids is 1. The van der Waals surface area contributed by atoms with Gasteiger partial charge in [0.05, 0.1) is 45.9 Å². The largest absolute Gasteiger partial charge is 0.493 e. The monoisotopic (exact) mass is 330 g/mol. The number of rotatable bonds is 5. The van der Waals surface area contributed by atoms with Gasteiger partial charge in [0.15, 0.2) is 11.5 Å². The molecule has 24 heavy (non-hydrogen) atoms. The number of ether oxygens (including phenoxy) is 3. The van der Waals surface area contributed by atoms with Crippen LogP contribution in [0.15, 0.2) is 46.1 Å². The Morgan fingerprint density at radius 2 is 2.08 bits per heavy atom. The van der Waals surface area contributed by atoms with Crippen molar-refractivity contribution in [3.8, 4) is 11.5 Å². The SMILES string of the molecule is COc1cc(/C=N\N2CCOCC2)ccc1OC(=O)c1ccco1. The van der Waals surface area contributed by atoms with E-state index in [1.165, 1.54) is 19.4 Å². The molecule has 126 valence electrons. The molecule has 2 aromatic rings. The maximum Gasteiger partial charge on any atom is 0.379 e. The van der Waals surface area contributed by atoms with Gasteiger partial charge in [0.2, 0.25) is 5.76 Å². The molecule has 0 amide bonds. The van der Waals surface area contributed by atoms with Crippen molar-refractivity contribution in [1.82, 2.24) is 5.01 Å². The molecule has 1 saturated heterocycles. The maximum atomic E-state index is 11.9. The highest BCUT2D eigenvalue weighted by atomic mass is 16.6. The number of carbonyl (C=O) groups is 1. The summed E-state index contributed by atoms with van der Waals surface area (Å²) in [6.07, 6.45) is 3.16. The summed E-state index contributed by atoms with van der Waals surface area (Å²) in [5.74, 6) is 0.325. The van der Waals surface area contributed by atoms with Crippen LogP contribution < -0.4 is 9.47 Å². The number of methoxy groups -OCH3 is 1. The lowest BCUT2D eigenvalue weighted by Gasteiger charge is -2.23. The van der Waals surface area contributed by atoms with Crippen molar-refractivity contribution in [3.63, 3.8) is 0 Å². The van der Waals surface area contributed by atoms with Gasteiger partial charge in [-0.3, -0.25) is 5.01 Å². The number of morpholine rings is 1. The summed E-state index contributed by atoms with van der Waals surface area (Å²) in [5.41, 5.74) is 0.844. The molecule has 0 unspecified atom stereocenters. The predicted molar refractivity (Wildman–Crippen MR) is 86.6 cm³/mol. The van der Waals surface area contributed by atoms with Crippen molar-refractivity contribution in [1.29, 1.82) is 0 Å². The number of furan rings is 1. The first kappa shape index (κ1) is 16.1. The fraction of sp³-hybridized carbons (Fsp3) is 0.294. The van der Waals surface area contributed by atoms with E-state index in [-0.39, 0.29) is 5.76 Å². The summed E-state index contributed by atoms with van der Waals surface area (Å²) in [5, 5.41) is 6.36. The molecule has 0 aliphatic carbocycles. The van der Waals surface area contributed by atoms with Crippen LogP contribution in [0.25, 0.3) is 0 Å². The van der Waals surface area contributed by atoms with Crippen molar-refractivity contribution in [2.75, 3.05) is 33.4 Å². The van der Waals surface area contributed by atoms with Gasteiger partial charge in [-0.2, -0.15) is 5.10 Å². The molecule has 0 radical (unpaired) electrons. The van der Waals surface area contributed by atoms with E-state index in [1.54, 1.807) is 30.5 Å². The molecule has 7 nitrogen and oxygen atoms in total. The molecule has 2 heterocycles. The van der Waals surface area contributed by atoms with Gasteiger partial charge >= 0.3 is 5.97 Å². The Morgan fingerprint density at radius 1 is 1.25 bits per heavy atom. The van der Waals surface area contributed by atoms with Gasteiger partial charge in [0.1, 0.15) is 0 Å². The van der Waals surface area contributed by atoms with E-state index in [1.807, 2.05) is 5.01 Å². The molecule has 3 rings (SSSR count). The van der Waals surface area contributed by atoms with E-state index in [0.717, 1.165) is 18.7 Å². The highest BCUT2D eigenvalue weighted by molar-refractivity contribution is 5.89. The minimum atomic E-state index is -0.576. The van der Waals surface area contributed by atoms with E-state index in [0.29, 0.717) is 24.7 Å². The van der Waals surface area contributed by atoms with E-state index in [9.17, 15) is 4.79 Å². The van der Waals surface area contributed by atoms with Crippen LogP contribution in [-0.2, 0) is 4.74 Å². The van der Waals surface area contributed by atoms with Crippen molar-refractivity contribution in [2.45, 2.75) is 0 Å². The Hall–Kier alpha value is -2.80. The zero-order chi connectivity index (χ0) is 16.8. The number of hydrazone groups is 1. The third-order valence-corrected chi connectivity index (χ3v) is 3.47. The van der Waals surface area contributed by atoms with Crippen LogP contribution in [0.3, 0.4) is 0 Å². The Kier molecular flexibility index (Phi) is 5.12. The zero-order valence-electron chi connectivity index (χ0n) is 13.3. The van der Waals surface area contributed by atoms with Crippen LogP contribution >= 0.6 is 0 Å². The van der Waals surface area contributed by atoms with E-state index < -0.39 is 5.97 Å². The third-order valence-electron chi connectivity index (χ3n) is 3.47. The standard InChI is InChI=1S/C17H18N2O5/c1-21-16-11-13(12-18-19-6-9-22-10-7-19)4-5-14(16)24-17(20)15-3-2-8-23-15/h2-5,8,11-12H,6-7,9-10H2,1H3/b18-12-. The molecule has 0 N–H and O–H groups in total. The van der Waals surface area contributed by atoms with Crippen molar-refractivity contribution in [3.05, 3.63) is 47.9 Å². The van der Waals surface area contributed by atoms with Crippen LogP contribution in [0.2, 0.25) is 0 Å². The molecule has 1 fully saturated rings. The van der Waals surface area contributed by atoms with Crippen molar-refractivity contribution >= 4 is 12.2 Å². The maximum absolute atomic E-state index is 11.9. The number of hydrogen-bond donors (Lipinski definition) is 0. The highest BCUT2D eigenvalue weighted by Gasteiger charge is 2.15. The van der Waals surface area contributed by atoms with E-state index >= 15 is 0 Å². The number of nitrogens with zero attached hydrogens (tertiary/aromatic N) is 2. The molecule has 0 spiro atoms. The van der Waals surface area contributed by atoms with Crippen molar-refractivity contribution in [2.24, 2.45) is 5.10 Å². The molecule has 1 aromatic heterocycles. The second-order valence-corrected chi connectivity index (χ2v) is 5.09. The number of benzene rings is 1. The molecule has 7 heteroatoms. The second-order valence-electron chi connectivity index (χ2n) is 5.09. The van der Waals surface area contributed by atoms with Gasteiger partial charge in [-0.25, -0.2) is 4.79 Å². The van der Waals surface area contributed by atoms with Crippen LogP contribution in [0.5, 0.6) is 11.5 Å². The molecule has 0 bridgehead atoms. The minimum Gasteiger partial charge on any atom is -0.493 e. The molecule has 0 atom stereocenters. The highest BCUT2D eigenvalue weighted by Crippen LogP contribution is 2.28. The summed E-state index contributed by atoms with van der Waals surface area (Å²) in [6.45, 7) is 2.91. The first-order chi connectivity index (χ1) is 11.8. The van der Waals surface area contributed by atoms with Gasteiger partial charge in [0, 0.05) is 0 Å². The summed E-state index contributed by atoms with van der Waals surface area (Å²) >= 11 is 0. The first-order valence-corrected chi connectivity index (χ1v) is 7.56. The number of esters is 1. The van der Waals surface area contributed by atoms with Gasteiger partial charge in [-0.1, -0.05) is 0 Å². The lowest BCUT2D eigenvalue weighted by atomic mass is 10.2. The van der Waals surface area contributed by atoms with E-state index in [4.69, 9.17) is 18.6 Å². The van der Waals surface area contributed by atoms with Gasteiger partial charge in [-0.15, -0.1) is 0 Å². The Morgan fingerprint density at radius 3 is 2.79 bits per heavy atom. The smallest absolute Gasteiger partial charge is 0.379 e. The summed E-state index contributed by atoms with van der Waals surface area (Å²) < 4.78 is 20.9. The lowest BCUT2D eigenvalue weighted by molar-refractivity contribution is 0.0397. The van der Waals surface area contributed by atoms with E-state index in [2.05, 4.69) is 5.10 Å². The van der Waals surface area contributed by atoms with Crippen molar-refractivity contribution < 1.29 is 23.4 Å². The Bertz CT molecular complexity index is 706. The average molecular weight is 330 g/mol. The van der Waals surface area contributed by atoms with Gasteiger partial charge < -0.3 is 18.6 Å². The zero-order valence-corrected chi connectivity index (χ0v) is 13.3. The fourth-order valence-electron chi connectivity index (χ4n) is 2.21. The summed E-state index contributed by atoms with van der Waals surface area (Å²) in [6, 6.07) is 8.39. The Labute approximate surface area is 139 Å². The van der Waals surface area contributed by atoms with Crippen LogP contribution in [0.1, 0.15) is 16.1 Å². The molecule has 1 aromatic carbocycles. The molecular formula is C17H18N2O5. The molecule has 1 aliphatic rings. The predicted octanol–water partition coefficient (Wildman–Crippen LogP) is 2.17. The molecular weight excluding hydrogens is 312 g/mol.